The second-order valence-electron chi connectivity index (χ2n) is 6.43. The molecule has 1 aliphatic heterocycles. The molecule has 26 heavy (non-hydrogen) atoms. The normalized spacial score (nSPS) is 17.1. The highest BCUT2D eigenvalue weighted by Crippen LogP contribution is 2.28. The topological polar surface area (TPSA) is 69.7 Å². The van der Waals surface area contributed by atoms with E-state index in [9.17, 15) is 14.4 Å². The average Bonchev–Trinajstić information content (AvgIpc) is 2.86. The molecule has 6 heteroatoms. The molecule has 6 nitrogen and oxygen atoms in total. The monoisotopic (exact) mass is 351 g/mol. The summed E-state index contributed by atoms with van der Waals surface area (Å²) in [4.78, 5) is 40.7. The van der Waals surface area contributed by atoms with E-state index in [2.05, 4.69) is 5.32 Å². The molecule has 3 rings (SSSR count). The van der Waals surface area contributed by atoms with E-state index in [0.29, 0.717) is 11.4 Å². The van der Waals surface area contributed by atoms with Gasteiger partial charge in [0, 0.05) is 11.7 Å². The molecule has 134 valence electrons. The van der Waals surface area contributed by atoms with Crippen LogP contribution in [0.5, 0.6) is 0 Å². The molecule has 1 N–H and O–H groups in total. The van der Waals surface area contributed by atoms with Crippen LogP contribution in [0.3, 0.4) is 0 Å². The summed E-state index contributed by atoms with van der Waals surface area (Å²) < 4.78 is 0. The SMILES string of the molecule is CC(C)N1C(=O)N(c2ccccc2)C(=O)C1CC(=O)Nc1ccccc1. The number of urea groups is 1. The van der Waals surface area contributed by atoms with Crippen molar-refractivity contribution < 1.29 is 14.4 Å². The molecular formula is C20H21N3O3. The first-order valence-corrected chi connectivity index (χ1v) is 8.55. The van der Waals surface area contributed by atoms with E-state index in [4.69, 9.17) is 0 Å². The van der Waals surface area contributed by atoms with Crippen molar-refractivity contribution in [2.45, 2.75) is 32.4 Å². The molecule has 0 radical (unpaired) electrons. The first-order valence-electron chi connectivity index (χ1n) is 8.55. The number of hydrogen-bond donors (Lipinski definition) is 1. The molecular weight excluding hydrogens is 330 g/mol. The molecule has 0 saturated carbocycles. The lowest BCUT2D eigenvalue weighted by molar-refractivity contribution is -0.124. The van der Waals surface area contributed by atoms with Gasteiger partial charge in [-0.1, -0.05) is 36.4 Å². The van der Waals surface area contributed by atoms with E-state index in [0.717, 1.165) is 4.90 Å². The Kier molecular flexibility index (Phi) is 5.02. The molecule has 1 unspecified atom stereocenters. The fourth-order valence-electron chi connectivity index (χ4n) is 3.10. The number of hydrogen-bond acceptors (Lipinski definition) is 3. The van der Waals surface area contributed by atoms with Crippen LogP contribution in [-0.4, -0.2) is 34.8 Å². The lowest BCUT2D eigenvalue weighted by Crippen LogP contribution is -2.42. The lowest BCUT2D eigenvalue weighted by Gasteiger charge is -2.25. The maximum absolute atomic E-state index is 12.9. The molecule has 0 bridgehead atoms. The number of nitrogens with zero attached hydrogens (tertiary/aromatic N) is 2. The zero-order valence-corrected chi connectivity index (χ0v) is 14.8. The number of benzene rings is 2. The molecule has 0 aliphatic carbocycles. The van der Waals surface area contributed by atoms with Gasteiger partial charge in [-0.15, -0.1) is 0 Å². The fraction of sp³-hybridized carbons (Fsp3) is 0.250. The number of carbonyl (C=O) groups excluding carboxylic acids is 3. The van der Waals surface area contributed by atoms with Gasteiger partial charge >= 0.3 is 6.03 Å². The van der Waals surface area contributed by atoms with Gasteiger partial charge in [-0.05, 0) is 38.1 Å². The Morgan fingerprint density at radius 3 is 2.15 bits per heavy atom. The van der Waals surface area contributed by atoms with E-state index < -0.39 is 12.1 Å². The summed E-state index contributed by atoms with van der Waals surface area (Å²) in [6, 6.07) is 16.4. The molecule has 1 fully saturated rings. The van der Waals surface area contributed by atoms with E-state index in [1.165, 1.54) is 4.90 Å². The average molecular weight is 351 g/mol. The van der Waals surface area contributed by atoms with Crippen LogP contribution in [-0.2, 0) is 9.59 Å². The van der Waals surface area contributed by atoms with Crippen molar-refractivity contribution in [3.05, 3.63) is 60.7 Å². The summed E-state index contributed by atoms with van der Waals surface area (Å²) in [5.74, 6) is -0.680. The number of anilines is 2. The molecule has 1 aliphatic rings. The van der Waals surface area contributed by atoms with E-state index >= 15 is 0 Å². The molecule has 0 spiro atoms. The molecule has 2 aromatic carbocycles. The van der Waals surface area contributed by atoms with Crippen molar-refractivity contribution in [3.63, 3.8) is 0 Å². The molecule has 1 saturated heterocycles. The third-order valence-electron chi connectivity index (χ3n) is 4.26. The van der Waals surface area contributed by atoms with E-state index in [-0.39, 0.29) is 24.3 Å². The maximum atomic E-state index is 12.9. The van der Waals surface area contributed by atoms with Gasteiger partial charge in [0.05, 0.1) is 12.1 Å². The predicted octanol–water partition coefficient (Wildman–Crippen LogP) is 3.26. The van der Waals surface area contributed by atoms with Crippen LogP contribution in [0.1, 0.15) is 20.3 Å². The zero-order chi connectivity index (χ0) is 18.7. The highest BCUT2D eigenvalue weighted by molar-refractivity contribution is 6.22. The summed E-state index contributed by atoms with van der Waals surface area (Å²) >= 11 is 0. The highest BCUT2D eigenvalue weighted by Gasteiger charge is 2.47. The number of nitrogens with one attached hydrogen (secondary N) is 1. The Hall–Kier alpha value is -3.15. The van der Waals surface area contributed by atoms with Gasteiger partial charge in [0.15, 0.2) is 0 Å². The molecule has 2 aromatic rings. The quantitative estimate of drug-likeness (QED) is 0.841. The second-order valence-corrected chi connectivity index (χ2v) is 6.43. The second kappa shape index (κ2) is 7.39. The Balaban J connectivity index is 1.81. The minimum Gasteiger partial charge on any atom is -0.326 e. The van der Waals surface area contributed by atoms with Gasteiger partial charge < -0.3 is 10.2 Å². The van der Waals surface area contributed by atoms with Crippen LogP contribution in [0.15, 0.2) is 60.7 Å². The number of para-hydroxylation sites is 2. The Morgan fingerprint density at radius 1 is 1.00 bits per heavy atom. The van der Waals surface area contributed by atoms with Crippen molar-refractivity contribution in [2.24, 2.45) is 0 Å². The van der Waals surface area contributed by atoms with Crippen molar-refractivity contribution in [1.82, 2.24) is 4.90 Å². The summed E-state index contributed by atoms with van der Waals surface area (Å²) in [5, 5.41) is 2.77. The minimum atomic E-state index is -0.814. The van der Waals surface area contributed by atoms with Crippen molar-refractivity contribution in [2.75, 3.05) is 10.2 Å². The van der Waals surface area contributed by atoms with Crippen molar-refractivity contribution >= 4 is 29.2 Å². The number of amides is 4. The summed E-state index contributed by atoms with van der Waals surface area (Å²) in [7, 11) is 0. The Morgan fingerprint density at radius 2 is 1.58 bits per heavy atom. The van der Waals surface area contributed by atoms with Crippen molar-refractivity contribution in [1.29, 1.82) is 0 Å². The highest BCUT2D eigenvalue weighted by atomic mass is 16.2. The van der Waals surface area contributed by atoms with Gasteiger partial charge in [0.25, 0.3) is 5.91 Å². The van der Waals surface area contributed by atoms with E-state index in [1.54, 1.807) is 36.4 Å². The van der Waals surface area contributed by atoms with Gasteiger partial charge in [0.1, 0.15) is 6.04 Å². The van der Waals surface area contributed by atoms with Crippen LogP contribution in [0, 0.1) is 0 Å². The molecule has 0 aromatic heterocycles. The molecule has 4 amide bonds. The first-order chi connectivity index (χ1) is 12.5. The van der Waals surface area contributed by atoms with Crippen LogP contribution in [0.4, 0.5) is 16.2 Å². The third kappa shape index (κ3) is 3.44. The molecule has 1 atom stereocenters. The van der Waals surface area contributed by atoms with Crippen LogP contribution in [0.25, 0.3) is 0 Å². The predicted molar refractivity (Wildman–Crippen MR) is 99.8 cm³/mol. The van der Waals surface area contributed by atoms with Gasteiger partial charge in [-0.3, -0.25) is 9.59 Å². The van der Waals surface area contributed by atoms with Crippen LogP contribution < -0.4 is 10.2 Å². The zero-order valence-electron chi connectivity index (χ0n) is 14.8. The number of rotatable bonds is 5. The summed E-state index contributed by atoms with van der Waals surface area (Å²) in [5.41, 5.74) is 1.17. The Labute approximate surface area is 152 Å². The maximum Gasteiger partial charge on any atom is 0.332 e. The standard InChI is InChI=1S/C20H21N3O3/c1-14(2)22-17(13-18(24)21-15-9-5-3-6-10-15)19(25)23(20(22)26)16-11-7-4-8-12-16/h3-12,14,17H,13H2,1-2H3,(H,21,24). The number of imide groups is 1. The fourth-order valence-corrected chi connectivity index (χ4v) is 3.10. The third-order valence-corrected chi connectivity index (χ3v) is 4.26. The van der Waals surface area contributed by atoms with E-state index in [1.807, 2.05) is 38.1 Å². The van der Waals surface area contributed by atoms with Gasteiger partial charge in [0.2, 0.25) is 5.91 Å². The largest absolute Gasteiger partial charge is 0.332 e. The summed E-state index contributed by atoms with van der Waals surface area (Å²) in [6.07, 6.45) is -0.0824. The number of carbonyl (C=O) groups is 3. The van der Waals surface area contributed by atoms with Gasteiger partial charge in [-0.25, -0.2) is 9.69 Å². The minimum absolute atomic E-state index is 0.0824. The molecule has 1 heterocycles. The lowest BCUT2D eigenvalue weighted by atomic mass is 10.1. The first kappa shape index (κ1) is 17.7. The van der Waals surface area contributed by atoms with Crippen LogP contribution >= 0.6 is 0 Å². The van der Waals surface area contributed by atoms with Gasteiger partial charge in [-0.2, -0.15) is 0 Å². The van der Waals surface area contributed by atoms with Crippen LogP contribution in [0.2, 0.25) is 0 Å². The smallest absolute Gasteiger partial charge is 0.326 e. The summed E-state index contributed by atoms with van der Waals surface area (Å²) in [6.45, 7) is 3.67. The van der Waals surface area contributed by atoms with Crippen molar-refractivity contribution in [3.8, 4) is 0 Å². The Bertz CT molecular complexity index is 806.